The van der Waals surface area contributed by atoms with Crippen molar-refractivity contribution in [3.63, 3.8) is 0 Å². The molecule has 5 rings (SSSR count). The molecule has 1 amide bonds. The summed E-state index contributed by atoms with van der Waals surface area (Å²) in [5.41, 5.74) is 0.466. The van der Waals surface area contributed by atoms with Crippen LogP contribution in [0.4, 0.5) is 35.0 Å². The molecule has 242 valence electrons. The molecule has 2 fully saturated rings. The zero-order chi connectivity index (χ0) is 32.3. The van der Waals surface area contributed by atoms with Gasteiger partial charge in [-0.1, -0.05) is 6.92 Å². The van der Waals surface area contributed by atoms with Crippen molar-refractivity contribution in [2.24, 2.45) is 5.92 Å². The van der Waals surface area contributed by atoms with E-state index < -0.39 is 52.5 Å². The van der Waals surface area contributed by atoms with Crippen LogP contribution in [0.15, 0.2) is 42.7 Å². The lowest BCUT2D eigenvalue weighted by Crippen LogP contribution is -2.59. The van der Waals surface area contributed by atoms with E-state index in [9.17, 15) is 14.3 Å². The van der Waals surface area contributed by atoms with Crippen LogP contribution in [-0.4, -0.2) is 78.3 Å². The second kappa shape index (κ2) is 13.5. The minimum absolute atomic E-state index is 0.104. The molecule has 2 aliphatic heterocycles. The van der Waals surface area contributed by atoms with Gasteiger partial charge in [-0.3, -0.25) is 4.98 Å². The molecular weight excluding hydrogens is 589 g/mol. The van der Waals surface area contributed by atoms with Crippen LogP contribution in [0.5, 0.6) is 0 Å². The van der Waals surface area contributed by atoms with E-state index in [0.717, 1.165) is 11.8 Å². The molecule has 1 aromatic carbocycles. The SMILES string of the molecule is C[C@H]1CN(c2ccncc2NCc2ccc(F)c(-c3c(F)cc(N4CCOCC4)cc3F)n2)C[C@@H](NC(=O)OC(C)(C)C)[C@@H]1O. The van der Waals surface area contributed by atoms with Crippen molar-refractivity contribution in [3.8, 4) is 11.3 Å². The summed E-state index contributed by atoms with van der Waals surface area (Å²) in [6.07, 6.45) is 1.86. The first-order valence-electron chi connectivity index (χ1n) is 15.0. The fraction of sp³-hybridized carbons (Fsp3) is 0.469. The minimum atomic E-state index is -0.904. The summed E-state index contributed by atoms with van der Waals surface area (Å²) < 4.78 is 56.1. The van der Waals surface area contributed by atoms with E-state index in [0.29, 0.717) is 56.5 Å². The van der Waals surface area contributed by atoms with Gasteiger partial charge in [0.15, 0.2) is 0 Å². The van der Waals surface area contributed by atoms with E-state index in [4.69, 9.17) is 9.47 Å². The summed E-state index contributed by atoms with van der Waals surface area (Å²) in [7, 11) is 0. The highest BCUT2D eigenvalue weighted by atomic mass is 19.1. The molecule has 2 saturated heterocycles. The summed E-state index contributed by atoms with van der Waals surface area (Å²) in [5.74, 6) is -2.83. The maximum atomic E-state index is 15.2. The molecule has 0 bridgehead atoms. The second-order valence-corrected chi connectivity index (χ2v) is 12.4. The van der Waals surface area contributed by atoms with Gasteiger partial charge in [0.1, 0.15) is 28.7 Å². The molecule has 0 saturated carbocycles. The van der Waals surface area contributed by atoms with Gasteiger partial charge in [0.05, 0.1) is 60.7 Å². The number of amides is 1. The fourth-order valence-corrected chi connectivity index (χ4v) is 5.59. The number of carbonyl (C=O) groups excluding carboxylic acids is 1. The van der Waals surface area contributed by atoms with E-state index in [1.165, 1.54) is 18.2 Å². The molecule has 2 aliphatic rings. The van der Waals surface area contributed by atoms with Gasteiger partial charge in [0.2, 0.25) is 0 Å². The minimum Gasteiger partial charge on any atom is -0.444 e. The fourth-order valence-electron chi connectivity index (χ4n) is 5.59. The number of aliphatic hydroxyl groups excluding tert-OH is 1. The third-order valence-corrected chi connectivity index (χ3v) is 7.77. The molecule has 10 nitrogen and oxygen atoms in total. The average Bonchev–Trinajstić information content (AvgIpc) is 2.99. The number of hydrogen-bond acceptors (Lipinski definition) is 9. The highest BCUT2D eigenvalue weighted by Gasteiger charge is 2.36. The Morgan fingerprint density at radius 1 is 1.07 bits per heavy atom. The van der Waals surface area contributed by atoms with Crippen molar-refractivity contribution in [3.05, 3.63) is 65.9 Å². The number of piperidine rings is 1. The normalized spacial score (nSPS) is 20.6. The van der Waals surface area contributed by atoms with E-state index in [1.807, 2.05) is 22.8 Å². The number of halogens is 3. The number of carbonyl (C=O) groups is 1. The highest BCUT2D eigenvalue weighted by Crippen LogP contribution is 2.33. The van der Waals surface area contributed by atoms with Gasteiger partial charge in [-0.15, -0.1) is 0 Å². The molecule has 0 spiro atoms. The molecule has 13 heteroatoms. The lowest BCUT2D eigenvalue weighted by molar-refractivity contribution is 0.0303. The Hall–Kier alpha value is -4.10. The molecule has 45 heavy (non-hydrogen) atoms. The number of alkyl carbamates (subject to hydrolysis) is 1. The molecule has 4 heterocycles. The number of morpholine rings is 1. The molecule has 3 N–H and O–H groups in total. The number of nitrogens with zero attached hydrogens (tertiary/aromatic N) is 4. The first kappa shape index (κ1) is 32.3. The number of nitrogens with one attached hydrogen (secondary N) is 2. The Morgan fingerprint density at radius 3 is 2.47 bits per heavy atom. The monoisotopic (exact) mass is 628 g/mol. The topological polar surface area (TPSA) is 112 Å². The van der Waals surface area contributed by atoms with Crippen molar-refractivity contribution in [1.29, 1.82) is 0 Å². The summed E-state index contributed by atoms with van der Waals surface area (Å²) in [6, 6.07) is 6.18. The van der Waals surface area contributed by atoms with Crippen LogP contribution < -0.4 is 20.4 Å². The van der Waals surface area contributed by atoms with E-state index >= 15 is 8.78 Å². The molecule has 0 aliphatic carbocycles. The number of anilines is 3. The highest BCUT2D eigenvalue weighted by molar-refractivity contribution is 5.71. The Balaban J connectivity index is 1.33. The molecule has 0 radical (unpaired) electrons. The number of pyridine rings is 2. The van der Waals surface area contributed by atoms with Crippen LogP contribution in [0.1, 0.15) is 33.4 Å². The number of aliphatic hydroxyl groups is 1. The molecular formula is C32H39F3N6O4. The van der Waals surface area contributed by atoms with Crippen molar-refractivity contribution in [2.75, 3.05) is 54.5 Å². The number of benzene rings is 1. The van der Waals surface area contributed by atoms with Gasteiger partial charge < -0.3 is 35.0 Å². The maximum Gasteiger partial charge on any atom is 0.408 e. The van der Waals surface area contributed by atoms with Gasteiger partial charge in [0, 0.05) is 44.0 Å². The Labute approximate surface area is 260 Å². The van der Waals surface area contributed by atoms with Crippen LogP contribution in [0.3, 0.4) is 0 Å². The van der Waals surface area contributed by atoms with Gasteiger partial charge in [-0.05, 0) is 51.1 Å². The van der Waals surface area contributed by atoms with E-state index in [-0.39, 0.29) is 12.5 Å². The number of ether oxygens (including phenoxy) is 2. The molecule has 3 aromatic rings. The predicted octanol–water partition coefficient (Wildman–Crippen LogP) is 4.72. The van der Waals surface area contributed by atoms with Gasteiger partial charge in [0.25, 0.3) is 0 Å². The molecule has 3 atom stereocenters. The molecule has 0 unspecified atom stereocenters. The van der Waals surface area contributed by atoms with E-state index in [1.54, 1.807) is 33.2 Å². The van der Waals surface area contributed by atoms with Crippen LogP contribution in [0.25, 0.3) is 11.3 Å². The number of rotatable bonds is 7. The smallest absolute Gasteiger partial charge is 0.408 e. The van der Waals surface area contributed by atoms with Gasteiger partial charge >= 0.3 is 6.09 Å². The van der Waals surface area contributed by atoms with Crippen LogP contribution in [-0.2, 0) is 16.0 Å². The average molecular weight is 629 g/mol. The van der Waals surface area contributed by atoms with Crippen molar-refractivity contribution < 1.29 is 32.5 Å². The first-order valence-corrected chi connectivity index (χ1v) is 15.0. The largest absolute Gasteiger partial charge is 0.444 e. The summed E-state index contributed by atoms with van der Waals surface area (Å²) in [6.45, 7) is 10.0. The lowest BCUT2D eigenvalue weighted by Gasteiger charge is -2.42. The molecule has 2 aromatic heterocycles. The summed E-state index contributed by atoms with van der Waals surface area (Å²) in [4.78, 5) is 24.8. The zero-order valence-electron chi connectivity index (χ0n) is 25.8. The number of hydrogen-bond donors (Lipinski definition) is 3. The van der Waals surface area contributed by atoms with Crippen LogP contribution in [0, 0.1) is 23.4 Å². The first-order chi connectivity index (χ1) is 21.4. The predicted molar refractivity (Wildman–Crippen MR) is 165 cm³/mol. The van der Waals surface area contributed by atoms with E-state index in [2.05, 4.69) is 20.6 Å². The zero-order valence-corrected chi connectivity index (χ0v) is 25.8. The third-order valence-electron chi connectivity index (χ3n) is 7.77. The lowest BCUT2D eigenvalue weighted by atomic mass is 9.92. The Kier molecular flexibility index (Phi) is 9.68. The van der Waals surface area contributed by atoms with Crippen LogP contribution >= 0.6 is 0 Å². The third kappa shape index (κ3) is 7.77. The summed E-state index contributed by atoms with van der Waals surface area (Å²) >= 11 is 0. The standard InChI is InChI=1S/C32H39F3N6O4/c1-19-17-41(18-26(30(19)42)39-31(43)45-32(2,3)4)27-7-8-36-16-25(27)37-15-20-5-6-22(33)29(38-20)28-23(34)13-21(14-24(28)35)40-9-11-44-12-10-40/h5-8,13-14,16,19,26,30,37,42H,9-12,15,17-18H2,1-4H3,(H,39,43)/t19-,26+,30+/m0/s1. The second-order valence-electron chi connectivity index (χ2n) is 12.4. The quantitative estimate of drug-likeness (QED) is 0.342. The van der Waals surface area contributed by atoms with Gasteiger partial charge in [-0.25, -0.2) is 22.9 Å². The summed E-state index contributed by atoms with van der Waals surface area (Å²) in [5, 5.41) is 16.8. The van der Waals surface area contributed by atoms with Crippen molar-refractivity contribution in [2.45, 2.75) is 52.0 Å². The van der Waals surface area contributed by atoms with Crippen molar-refractivity contribution >= 4 is 23.2 Å². The Bertz CT molecular complexity index is 1490. The van der Waals surface area contributed by atoms with Crippen LogP contribution in [0.2, 0.25) is 0 Å². The number of aromatic nitrogens is 2. The Morgan fingerprint density at radius 2 is 1.78 bits per heavy atom. The maximum absolute atomic E-state index is 15.2. The van der Waals surface area contributed by atoms with Crippen molar-refractivity contribution in [1.82, 2.24) is 15.3 Å². The van der Waals surface area contributed by atoms with Gasteiger partial charge in [-0.2, -0.15) is 0 Å².